The summed E-state index contributed by atoms with van der Waals surface area (Å²) in [7, 11) is 1.97. The summed E-state index contributed by atoms with van der Waals surface area (Å²) in [6.07, 6.45) is 3.27. The molecule has 1 fully saturated rings. The third-order valence-electron chi connectivity index (χ3n) is 3.87. The fourth-order valence-corrected chi connectivity index (χ4v) is 2.50. The van der Waals surface area contributed by atoms with Gasteiger partial charge in [0, 0.05) is 58.4 Å². The first-order chi connectivity index (χ1) is 9.98. The Hall–Kier alpha value is -1.17. The molecule has 2 heterocycles. The third-order valence-corrected chi connectivity index (χ3v) is 3.87. The molecule has 1 saturated heterocycles. The van der Waals surface area contributed by atoms with Crippen LogP contribution in [0.1, 0.15) is 32.3 Å². The molecule has 2 rings (SSSR count). The highest BCUT2D eigenvalue weighted by atomic mass is 16.5. The summed E-state index contributed by atoms with van der Waals surface area (Å²) in [6, 6.07) is 4.57. The molecule has 0 saturated carbocycles. The van der Waals surface area contributed by atoms with Crippen LogP contribution in [0.15, 0.2) is 18.3 Å². The fraction of sp³-hybridized carbons (Fsp3) is 0.688. The molecule has 0 bridgehead atoms. The van der Waals surface area contributed by atoms with E-state index in [2.05, 4.69) is 30.2 Å². The van der Waals surface area contributed by atoms with Crippen molar-refractivity contribution in [3.8, 4) is 0 Å². The predicted molar refractivity (Wildman–Crippen MR) is 84.5 cm³/mol. The first-order valence-corrected chi connectivity index (χ1v) is 7.68. The third kappa shape index (κ3) is 4.95. The fourth-order valence-electron chi connectivity index (χ4n) is 2.50. The predicted octanol–water partition coefficient (Wildman–Crippen LogP) is 1.56. The van der Waals surface area contributed by atoms with Gasteiger partial charge in [0.25, 0.3) is 0 Å². The summed E-state index contributed by atoms with van der Waals surface area (Å²) >= 11 is 0. The van der Waals surface area contributed by atoms with Gasteiger partial charge in [-0.2, -0.15) is 0 Å². The molecule has 2 N–H and O–H groups in total. The molecule has 118 valence electrons. The van der Waals surface area contributed by atoms with Gasteiger partial charge in [0.05, 0.1) is 5.60 Å². The van der Waals surface area contributed by atoms with Crippen LogP contribution >= 0.6 is 0 Å². The van der Waals surface area contributed by atoms with Crippen molar-refractivity contribution < 1.29 is 9.84 Å². The Morgan fingerprint density at radius 3 is 2.67 bits per heavy atom. The zero-order valence-electron chi connectivity index (χ0n) is 13.3. The minimum absolute atomic E-state index is 0.468. The van der Waals surface area contributed by atoms with E-state index in [4.69, 9.17) is 4.74 Å². The number of ether oxygens (including phenoxy) is 1. The molecule has 1 aliphatic heterocycles. The van der Waals surface area contributed by atoms with Crippen LogP contribution in [0, 0.1) is 0 Å². The van der Waals surface area contributed by atoms with Crippen molar-refractivity contribution in [1.29, 1.82) is 0 Å². The number of rotatable bonds is 6. The number of aliphatic hydroxyl groups is 1. The molecule has 0 spiro atoms. The number of hydrogen-bond donors (Lipinski definition) is 2. The number of nitrogens with zero attached hydrogens (tertiary/aromatic N) is 2. The molecular formula is C16H27N3O2. The van der Waals surface area contributed by atoms with Crippen LogP contribution in [0.2, 0.25) is 0 Å². The molecule has 0 aromatic carbocycles. The lowest BCUT2D eigenvalue weighted by Gasteiger charge is -2.35. The van der Waals surface area contributed by atoms with Crippen LogP contribution in [0.25, 0.3) is 0 Å². The second-order valence-electron chi connectivity index (χ2n) is 6.25. The zero-order chi connectivity index (χ0) is 15.3. The van der Waals surface area contributed by atoms with Crippen molar-refractivity contribution >= 4 is 5.82 Å². The molecule has 0 unspecified atom stereocenters. The maximum absolute atomic E-state index is 10.5. The minimum Gasteiger partial charge on any atom is -0.388 e. The van der Waals surface area contributed by atoms with Gasteiger partial charge in [0.2, 0.25) is 0 Å². The Kier molecular flexibility index (Phi) is 5.56. The van der Waals surface area contributed by atoms with Gasteiger partial charge in [-0.15, -0.1) is 0 Å². The van der Waals surface area contributed by atoms with Crippen LogP contribution in [0.4, 0.5) is 5.82 Å². The molecule has 1 aromatic rings. The first kappa shape index (κ1) is 16.2. The van der Waals surface area contributed by atoms with Crippen LogP contribution in [0.3, 0.4) is 0 Å². The number of hydrogen-bond acceptors (Lipinski definition) is 5. The summed E-state index contributed by atoms with van der Waals surface area (Å²) in [5, 5.41) is 13.9. The van der Waals surface area contributed by atoms with E-state index in [1.807, 2.05) is 24.2 Å². The van der Waals surface area contributed by atoms with Gasteiger partial charge in [-0.1, -0.05) is 19.9 Å². The van der Waals surface area contributed by atoms with Crippen LogP contribution < -0.4 is 10.2 Å². The molecular weight excluding hydrogens is 266 g/mol. The van der Waals surface area contributed by atoms with E-state index < -0.39 is 5.60 Å². The summed E-state index contributed by atoms with van der Waals surface area (Å²) in [5.41, 5.74) is 0.512. The number of aromatic nitrogens is 1. The molecule has 5 nitrogen and oxygen atoms in total. The maximum atomic E-state index is 10.5. The van der Waals surface area contributed by atoms with Crippen molar-refractivity contribution in [1.82, 2.24) is 10.3 Å². The summed E-state index contributed by atoms with van der Waals surface area (Å²) in [5.74, 6) is 0.892. The second kappa shape index (κ2) is 7.20. The largest absolute Gasteiger partial charge is 0.388 e. The van der Waals surface area contributed by atoms with Gasteiger partial charge in [-0.3, -0.25) is 0 Å². The number of anilines is 1. The average Bonchev–Trinajstić information content (AvgIpc) is 2.46. The Morgan fingerprint density at radius 1 is 1.38 bits per heavy atom. The molecule has 5 heteroatoms. The summed E-state index contributed by atoms with van der Waals surface area (Å²) in [4.78, 5) is 6.52. The van der Waals surface area contributed by atoms with Gasteiger partial charge in [-0.25, -0.2) is 4.98 Å². The lowest BCUT2D eigenvalue weighted by Crippen LogP contribution is -2.46. The lowest BCUT2D eigenvalue weighted by atomic mass is 9.94. The van der Waals surface area contributed by atoms with Crippen molar-refractivity contribution in [2.45, 2.75) is 44.9 Å². The maximum Gasteiger partial charge on any atom is 0.128 e. The number of likely N-dealkylation sites (N-methyl/N-ethyl adjacent to an activating group) is 1. The molecule has 1 aliphatic rings. The molecule has 0 atom stereocenters. The monoisotopic (exact) mass is 293 g/mol. The van der Waals surface area contributed by atoms with E-state index in [-0.39, 0.29) is 0 Å². The van der Waals surface area contributed by atoms with E-state index in [9.17, 15) is 5.11 Å². The highest BCUT2D eigenvalue weighted by Gasteiger charge is 2.31. The quantitative estimate of drug-likeness (QED) is 0.833. The van der Waals surface area contributed by atoms with Gasteiger partial charge in [-0.05, 0) is 11.6 Å². The lowest BCUT2D eigenvalue weighted by molar-refractivity contribution is -0.0573. The van der Waals surface area contributed by atoms with E-state index >= 15 is 0 Å². The van der Waals surface area contributed by atoms with E-state index in [1.165, 1.54) is 5.56 Å². The molecule has 1 aromatic heterocycles. The molecule has 0 radical (unpaired) electrons. The van der Waals surface area contributed by atoms with Crippen LogP contribution in [-0.4, -0.2) is 48.5 Å². The van der Waals surface area contributed by atoms with Crippen molar-refractivity contribution in [3.63, 3.8) is 0 Å². The zero-order valence-corrected chi connectivity index (χ0v) is 13.3. The SMILES string of the molecule is CC(C)NCc1ccc(N(C)CC2(O)CCOCC2)nc1. The van der Waals surface area contributed by atoms with Gasteiger partial charge >= 0.3 is 0 Å². The smallest absolute Gasteiger partial charge is 0.128 e. The average molecular weight is 293 g/mol. The molecule has 0 aliphatic carbocycles. The van der Waals surface area contributed by atoms with Crippen LogP contribution in [0.5, 0.6) is 0 Å². The molecule has 0 amide bonds. The van der Waals surface area contributed by atoms with E-state index in [1.54, 1.807) is 0 Å². The first-order valence-electron chi connectivity index (χ1n) is 7.68. The number of nitrogens with one attached hydrogen (secondary N) is 1. The van der Waals surface area contributed by atoms with E-state index in [0.717, 1.165) is 12.4 Å². The minimum atomic E-state index is -0.660. The van der Waals surface area contributed by atoms with Crippen molar-refractivity contribution in [2.75, 3.05) is 31.7 Å². The van der Waals surface area contributed by atoms with Crippen molar-refractivity contribution in [2.24, 2.45) is 0 Å². The number of pyridine rings is 1. The Labute approximate surface area is 127 Å². The van der Waals surface area contributed by atoms with Crippen LogP contribution in [-0.2, 0) is 11.3 Å². The Morgan fingerprint density at radius 2 is 2.10 bits per heavy atom. The van der Waals surface area contributed by atoms with Gasteiger partial charge in [0.1, 0.15) is 5.82 Å². The summed E-state index contributed by atoms with van der Waals surface area (Å²) in [6.45, 7) is 6.95. The Bertz CT molecular complexity index is 428. The standard InChI is InChI=1S/C16H27N3O2/c1-13(2)17-10-14-4-5-15(18-11-14)19(3)12-16(20)6-8-21-9-7-16/h4-5,11,13,17,20H,6-10,12H2,1-3H3. The Balaban J connectivity index is 1.91. The molecule has 21 heavy (non-hydrogen) atoms. The van der Waals surface area contributed by atoms with E-state index in [0.29, 0.717) is 38.6 Å². The topological polar surface area (TPSA) is 57.6 Å². The van der Waals surface area contributed by atoms with Crippen molar-refractivity contribution in [3.05, 3.63) is 23.9 Å². The highest BCUT2D eigenvalue weighted by Crippen LogP contribution is 2.23. The summed E-state index contributed by atoms with van der Waals surface area (Å²) < 4.78 is 5.31. The normalized spacial score (nSPS) is 18.0. The second-order valence-corrected chi connectivity index (χ2v) is 6.25. The van der Waals surface area contributed by atoms with Gasteiger partial charge in [0.15, 0.2) is 0 Å². The van der Waals surface area contributed by atoms with Gasteiger partial charge < -0.3 is 20.1 Å². The highest BCUT2D eigenvalue weighted by molar-refractivity contribution is 5.38.